The Morgan fingerprint density at radius 1 is 1.04 bits per heavy atom. The number of nitrogens with zero attached hydrogens (tertiary/aromatic N) is 2. The standard InChI is InChI=1S/C44H51BrN4O6Si/c1-29-41(56(3,4)35-19-17-34(54-2)18-20-35)39(26-40(51)48(23-24-50)27-30-9-6-5-7-10-30)55-44(29)36-25-32(45)14-21-38(36)49(43(44)53)28-31-12-15-33(16-13-31)47-42(52)37-11-8-22-46-37/h5-7,9-10,12-21,25,29,37,39,41,46,50H,8,11,22-24,26-28H2,1-4H3,(H,47,52)/t29-,37+,39+,41-,44+/m0/s1. The van der Waals surface area contributed by atoms with Crippen LogP contribution in [0.15, 0.2) is 102 Å². The summed E-state index contributed by atoms with van der Waals surface area (Å²) < 4.78 is 13.6. The molecule has 3 aliphatic heterocycles. The summed E-state index contributed by atoms with van der Waals surface area (Å²) in [6.45, 7) is 8.25. The summed E-state index contributed by atoms with van der Waals surface area (Å²) in [4.78, 5) is 45.9. The summed E-state index contributed by atoms with van der Waals surface area (Å²) in [5, 5.41) is 17.5. The van der Waals surface area contributed by atoms with Gasteiger partial charge >= 0.3 is 0 Å². The Morgan fingerprint density at radius 2 is 1.77 bits per heavy atom. The van der Waals surface area contributed by atoms with Crippen LogP contribution in [0.4, 0.5) is 11.4 Å². The van der Waals surface area contributed by atoms with Crippen LogP contribution in [0.1, 0.15) is 42.9 Å². The molecule has 0 unspecified atom stereocenters. The van der Waals surface area contributed by atoms with Gasteiger partial charge in [-0.15, -0.1) is 0 Å². The van der Waals surface area contributed by atoms with Gasteiger partial charge in [-0.05, 0) is 78.5 Å². The Bertz CT molecular complexity index is 2040. The number of halogens is 1. The molecule has 0 saturated carbocycles. The van der Waals surface area contributed by atoms with Gasteiger partial charge in [0.15, 0.2) is 5.60 Å². The third-order valence-corrected chi connectivity index (χ3v) is 16.9. The van der Waals surface area contributed by atoms with E-state index in [1.165, 1.54) is 5.19 Å². The van der Waals surface area contributed by atoms with Crippen molar-refractivity contribution in [1.29, 1.82) is 0 Å². The Kier molecular flexibility index (Phi) is 11.9. The molecule has 10 nitrogen and oxygen atoms in total. The number of carbonyl (C=O) groups is 3. The number of aliphatic hydroxyl groups is 1. The molecule has 1 spiro atoms. The van der Waals surface area contributed by atoms with E-state index in [4.69, 9.17) is 9.47 Å². The summed E-state index contributed by atoms with van der Waals surface area (Å²) in [5.74, 6) is 0.145. The molecule has 0 bridgehead atoms. The van der Waals surface area contributed by atoms with Crippen molar-refractivity contribution in [2.75, 3.05) is 37.0 Å². The van der Waals surface area contributed by atoms with Gasteiger partial charge in [0.1, 0.15) is 5.75 Å². The van der Waals surface area contributed by atoms with E-state index in [-0.39, 0.29) is 54.8 Å². The number of ether oxygens (including phenoxy) is 2. The zero-order valence-corrected chi connectivity index (χ0v) is 35.1. The molecule has 4 aromatic carbocycles. The molecular formula is C44H51BrN4O6Si. The highest BCUT2D eigenvalue weighted by atomic mass is 79.9. The van der Waals surface area contributed by atoms with Crippen LogP contribution in [0.2, 0.25) is 18.6 Å². The highest BCUT2D eigenvalue weighted by Gasteiger charge is 2.66. The van der Waals surface area contributed by atoms with E-state index in [1.807, 2.05) is 89.8 Å². The number of carbonyl (C=O) groups excluding carboxylic acids is 3. The van der Waals surface area contributed by atoms with Crippen molar-refractivity contribution in [1.82, 2.24) is 10.2 Å². The fraction of sp³-hybridized carbons (Fsp3) is 0.386. The van der Waals surface area contributed by atoms with Gasteiger partial charge in [-0.3, -0.25) is 14.4 Å². The maximum absolute atomic E-state index is 15.3. The molecule has 4 aromatic rings. The van der Waals surface area contributed by atoms with Gasteiger partial charge in [-0.25, -0.2) is 0 Å². The first-order chi connectivity index (χ1) is 27.0. The molecule has 7 rings (SSSR count). The Balaban J connectivity index is 1.23. The summed E-state index contributed by atoms with van der Waals surface area (Å²) in [5.41, 5.74) is 2.66. The van der Waals surface area contributed by atoms with Crippen LogP contribution in [-0.4, -0.2) is 74.8 Å². The van der Waals surface area contributed by atoms with E-state index in [2.05, 4.69) is 58.7 Å². The van der Waals surface area contributed by atoms with Crippen molar-refractivity contribution in [3.8, 4) is 5.75 Å². The average molecular weight is 840 g/mol. The predicted octanol–water partition coefficient (Wildman–Crippen LogP) is 6.32. The van der Waals surface area contributed by atoms with Crippen molar-refractivity contribution < 1.29 is 29.0 Å². The molecule has 294 valence electrons. The van der Waals surface area contributed by atoms with Gasteiger partial charge in [0.05, 0.1) is 52.6 Å². The number of nitrogens with one attached hydrogen (secondary N) is 2. The molecule has 0 radical (unpaired) electrons. The highest BCUT2D eigenvalue weighted by Crippen LogP contribution is 2.60. The largest absolute Gasteiger partial charge is 0.497 e. The van der Waals surface area contributed by atoms with Crippen LogP contribution in [0.3, 0.4) is 0 Å². The lowest BCUT2D eigenvalue weighted by Gasteiger charge is -2.37. The van der Waals surface area contributed by atoms with Gasteiger partial charge in [0.25, 0.3) is 5.91 Å². The van der Waals surface area contributed by atoms with E-state index in [0.717, 1.165) is 52.0 Å². The third kappa shape index (κ3) is 7.69. The zero-order chi connectivity index (χ0) is 39.6. The molecule has 3 amide bonds. The molecule has 12 heteroatoms. The quantitative estimate of drug-likeness (QED) is 0.135. The number of benzene rings is 4. The first-order valence-corrected chi connectivity index (χ1v) is 23.3. The number of fused-ring (bicyclic) bond motifs is 2. The number of methoxy groups -OCH3 is 1. The molecule has 0 aromatic heterocycles. The Hall–Kier alpha value is -4.33. The van der Waals surface area contributed by atoms with Gasteiger partial charge in [-0.1, -0.05) is 95.7 Å². The Morgan fingerprint density at radius 3 is 2.43 bits per heavy atom. The van der Waals surface area contributed by atoms with E-state index < -0.39 is 19.8 Å². The van der Waals surface area contributed by atoms with Gasteiger partial charge in [0, 0.05) is 34.7 Å². The summed E-state index contributed by atoms with van der Waals surface area (Å²) in [6, 6.07) is 31.3. The predicted molar refractivity (Wildman–Crippen MR) is 225 cm³/mol. The first-order valence-electron chi connectivity index (χ1n) is 19.5. The fourth-order valence-electron chi connectivity index (χ4n) is 9.17. The molecule has 2 saturated heterocycles. The summed E-state index contributed by atoms with van der Waals surface area (Å²) in [6.07, 6.45) is 1.29. The zero-order valence-electron chi connectivity index (χ0n) is 32.5. The van der Waals surface area contributed by atoms with Crippen molar-refractivity contribution in [2.45, 2.75) is 75.7 Å². The molecule has 5 atom stereocenters. The normalized spacial score (nSPS) is 23.0. The number of aliphatic hydroxyl groups excluding tert-OH is 1. The monoisotopic (exact) mass is 838 g/mol. The Labute approximate surface area is 338 Å². The first kappa shape index (κ1) is 39.9. The van der Waals surface area contributed by atoms with Gasteiger partial charge < -0.3 is 35.0 Å². The topological polar surface area (TPSA) is 120 Å². The third-order valence-electron chi connectivity index (χ3n) is 12.1. The van der Waals surface area contributed by atoms with E-state index >= 15 is 4.79 Å². The SMILES string of the molecule is COc1ccc([Si](C)(C)[C@@H]2[C@@H](CC(=O)N(CCO)Cc3ccccc3)O[C@]3(C(=O)N(Cc4ccc(NC(=O)[C@H]5CCCN5)cc4)c4ccc(Br)cc43)[C@H]2C)cc1. The van der Waals surface area contributed by atoms with Crippen molar-refractivity contribution in [3.05, 3.63) is 118 Å². The highest BCUT2D eigenvalue weighted by molar-refractivity contribution is 9.10. The molecular weight excluding hydrogens is 788 g/mol. The molecule has 0 aliphatic carbocycles. The number of hydrogen-bond donors (Lipinski definition) is 3. The van der Waals surface area contributed by atoms with Gasteiger partial charge in [-0.2, -0.15) is 0 Å². The minimum Gasteiger partial charge on any atom is -0.497 e. The maximum Gasteiger partial charge on any atom is 0.264 e. The number of anilines is 2. The number of rotatable bonds is 13. The summed E-state index contributed by atoms with van der Waals surface area (Å²) in [7, 11) is -0.858. The molecule has 3 aliphatic rings. The second-order valence-corrected chi connectivity index (χ2v) is 21.4. The van der Waals surface area contributed by atoms with Crippen LogP contribution < -0.4 is 25.5 Å². The minimum atomic E-state index is -2.51. The van der Waals surface area contributed by atoms with E-state index in [0.29, 0.717) is 18.8 Å². The number of amides is 3. The molecule has 3 heterocycles. The van der Waals surface area contributed by atoms with E-state index in [1.54, 1.807) is 12.0 Å². The lowest BCUT2D eigenvalue weighted by atomic mass is 9.82. The van der Waals surface area contributed by atoms with Crippen LogP contribution in [0, 0.1) is 5.92 Å². The maximum atomic E-state index is 15.3. The second-order valence-electron chi connectivity index (χ2n) is 15.8. The molecule has 56 heavy (non-hydrogen) atoms. The molecule has 3 N–H and O–H groups in total. The number of hydrogen-bond acceptors (Lipinski definition) is 7. The van der Waals surface area contributed by atoms with E-state index in [9.17, 15) is 14.7 Å². The van der Waals surface area contributed by atoms with Crippen LogP contribution >= 0.6 is 15.9 Å². The summed E-state index contributed by atoms with van der Waals surface area (Å²) >= 11 is 3.69. The molecule has 2 fully saturated rings. The van der Waals surface area contributed by atoms with Crippen LogP contribution in [0.5, 0.6) is 5.75 Å². The van der Waals surface area contributed by atoms with Gasteiger partial charge in [0.2, 0.25) is 11.8 Å². The lowest BCUT2D eigenvalue weighted by molar-refractivity contribution is -0.150. The average Bonchev–Trinajstić information content (AvgIpc) is 3.90. The van der Waals surface area contributed by atoms with Crippen molar-refractivity contribution in [2.24, 2.45) is 5.92 Å². The minimum absolute atomic E-state index is 0.0398. The fourth-order valence-corrected chi connectivity index (χ4v) is 13.5. The van der Waals surface area contributed by atoms with Crippen molar-refractivity contribution in [3.63, 3.8) is 0 Å². The van der Waals surface area contributed by atoms with Crippen molar-refractivity contribution >= 4 is 58.3 Å². The van der Waals surface area contributed by atoms with Crippen LogP contribution in [-0.2, 0) is 37.8 Å². The van der Waals surface area contributed by atoms with Crippen LogP contribution in [0.25, 0.3) is 0 Å². The lowest BCUT2D eigenvalue weighted by Crippen LogP contribution is -2.52. The smallest absolute Gasteiger partial charge is 0.264 e. The second kappa shape index (κ2) is 16.6.